The largest absolute Gasteiger partial charge is 0.339 e. The van der Waals surface area contributed by atoms with Crippen molar-refractivity contribution < 1.29 is 13.2 Å². The van der Waals surface area contributed by atoms with Gasteiger partial charge in [0.25, 0.3) is 5.56 Å². The maximum atomic E-state index is 12.8. The summed E-state index contributed by atoms with van der Waals surface area (Å²) in [5.74, 6) is -0.172. The number of aryl methyl sites for hydroxylation is 3. The number of thiophene rings is 1. The van der Waals surface area contributed by atoms with E-state index in [-0.39, 0.29) is 35.4 Å². The molecule has 2 aromatic heterocycles. The molecule has 1 amide bonds. The summed E-state index contributed by atoms with van der Waals surface area (Å²) in [6, 6.07) is 5.85. The Hall–Kier alpha value is -2.56. The Kier molecular flexibility index (Phi) is 6.11. The molecule has 0 aliphatic rings. The number of carbonyl (C=O) groups excluding carboxylic acids is 1. The Labute approximate surface area is 179 Å². The average molecular weight is 449 g/mol. The molecule has 1 aromatic carbocycles. The molecule has 3 aromatic rings. The first-order valence-electron chi connectivity index (χ1n) is 9.34. The van der Waals surface area contributed by atoms with Gasteiger partial charge in [0.05, 0.1) is 22.7 Å². The molecule has 0 bridgehead atoms. The van der Waals surface area contributed by atoms with Crippen LogP contribution < -0.4 is 10.7 Å². The van der Waals surface area contributed by atoms with E-state index in [1.807, 2.05) is 13.8 Å². The van der Waals surface area contributed by atoms with E-state index in [1.54, 1.807) is 26.1 Å². The van der Waals surface area contributed by atoms with Gasteiger partial charge in [0.15, 0.2) is 0 Å². The summed E-state index contributed by atoms with van der Waals surface area (Å²) in [5, 5.41) is 5.80. The van der Waals surface area contributed by atoms with E-state index in [0.717, 1.165) is 10.4 Å². The maximum Gasteiger partial charge on any atom is 0.262 e. The highest BCUT2D eigenvalue weighted by Gasteiger charge is 2.20. The Balaban J connectivity index is 1.75. The molecule has 160 valence electrons. The minimum Gasteiger partial charge on any atom is -0.339 e. The number of fused-ring (bicyclic) bond motifs is 1. The van der Waals surface area contributed by atoms with Gasteiger partial charge in [-0.3, -0.25) is 14.2 Å². The molecule has 1 unspecified atom stereocenters. The number of aromatic nitrogens is 2. The van der Waals surface area contributed by atoms with Gasteiger partial charge in [-0.2, -0.15) is 0 Å². The van der Waals surface area contributed by atoms with Crippen LogP contribution in [0.2, 0.25) is 0 Å². The number of amides is 1. The van der Waals surface area contributed by atoms with Crippen molar-refractivity contribution in [2.75, 3.05) is 7.05 Å². The van der Waals surface area contributed by atoms with Crippen molar-refractivity contribution in [3.05, 3.63) is 57.0 Å². The summed E-state index contributed by atoms with van der Waals surface area (Å²) < 4.78 is 24.6. The van der Waals surface area contributed by atoms with E-state index >= 15 is 0 Å². The number of nitrogens with zero attached hydrogens (tertiary/aromatic N) is 3. The van der Waals surface area contributed by atoms with Gasteiger partial charge in [0, 0.05) is 24.9 Å². The second kappa shape index (κ2) is 8.29. The number of benzene rings is 1. The molecular weight excluding hydrogens is 424 g/mol. The zero-order valence-electron chi connectivity index (χ0n) is 17.2. The van der Waals surface area contributed by atoms with E-state index in [2.05, 4.69) is 4.98 Å². The number of rotatable bonds is 6. The van der Waals surface area contributed by atoms with Crippen molar-refractivity contribution >= 4 is 37.5 Å². The maximum absolute atomic E-state index is 12.8. The summed E-state index contributed by atoms with van der Waals surface area (Å²) in [6.45, 7) is 5.87. The molecule has 30 heavy (non-hydrogen) atoms. The Morgan fingerprint density at radius 2 is 2.03 bits per heavy atom. The second-order valence-electron chi connectivity index (χ2n) is 7.25. The minimum atomic E-state index is -3.82. The number of carbonyl (C=O) groups is 1. The molecule has 2 N–H and O–H groups in total. The van der Waals surface area contributed by atoms with Crippen molar-refractivity contribution in [2.45, 2.75) is 44.7 Å². The molecule has 0 fully saturated rings. The van der Waals surface area contributed by atoms with Crippen LogP contribution in [0.3, 0.4) is 0 Å². The van der Waals surface area contributed by atoms with Crippen LogP contribution in [0.5, 0.6) is 0 Å². The van der Waals surface area contributed by atoms with Crippen LogP contribution in [0, 0.1) is 13.8 Å². The monoisotopic (exact) mass is 448 g/mol. The lowest BCUT2D eigenvalue weighted by Crippen LogP contribution is -2.31. The van der Waals surface area contributed by atoms with Crippen molar-refractivity contribution in [1.29, 1.82) is 0 Å². The first-order valence-corrected chi connectivity index (χ1v) is 11.7. The first kappa shape index (κ1) is 22.1. The molecule has 2 heterocycles. The Morgan fingerprint density at radius 1 is 1.33 bits per heavy atom. The number of sulfonamides is 1. The standard InChI is InChI=1S/C20H24N4O4S2/c1-12-14(3)29-19-18(12)20(26)24(11-22-19)9-8-17(25)23(4)13(2)15-6-5-7-16(10-15)30(21,27)28/h5-7,10-11,13H,8-9H2,1-4H3,(H2,21,27,28). The van der Waals surface area contributed by atoms with Crippen molar-refractivity contribution in [1.82, 2.24) is 14.5 Å². The SMILES string of the molecule is Cc1sc2ncn(CCC(=O)N(C)C(C)c3cccc(S(N)(=O)=O)c3)c(=O)c2c1C. The summed E-state index contributed by atoms with van der Waals surface area (Å²) in [5.41, 5.74) is 1.43. The molecule has 3 rings (SSSR count). The lowest BCUT2D eigenvalue weighted by molar-refractivity contribution is -0.132. The molecule has 0 aliphatic heterocycles. The molecule has 0 saturated carbocycles. The highest BCUT2D eigenvalue weighted by Crippen LogP contribution is 2.25. The zero-order chi connectivity index (χ0) is 22.2. The van der Waals surface area contributed by atoms with Crippen LogP contribution >= 0.6 is 11.3 Å². The number of primary sulfonamides is 1. The number of hydrogen-bond donors (Lipinski definition) is 1. The van der Waals surface area contributed by atoms with Crippen LogP contribution in [0.4, 0.5) is 0 Å². The van der Waals surface area contributed by atoms with Crippen LogP contribution in [0.25, 0.3) is 10.2 Å². The topological polar surface area (TPSA) is 115 Å². The number of nitrogens with two attached hydrogens (primary N) is 1. The zero-order valence-corrected chi connectivity index (χ0v) is 18.9. The van der Waals surface area contributed by atoms with Crippen molar-refractivity contribution in [3.8, 4) is 0 Å². The molecule has 8 nitrogen and oxygen atoms in total. The highest BCUT2D eigenvalue weighted by molar-refractivity contribution is 7.89. The van der Waals surface area contributed by atoms with Crippen LogP contribution in [0.1, 0.15) is 35.4 Å². The van der Waals surface area contributed by atoms with Crippen molar-refractivity contribution in [3.63, 3.8) is 0 Å². The molecule has 1 atom stereocenters. The predicted molar refractivity (Wildman–Crippen MR) is 117 cm³/mol. The van der Waals surface area contributed by atoms with Crippen LogP contribution in [-0.2, 0) is 21.4 Å². The fourth-order valence-electron chi connectivity index (χ4n) is 3.21. The van der Waals surface area contributed by atoms with Crippen molar-refractivity contribution in [2.24, 2.45) is 5.14 Å². The predicted octanol–water partition coefficient (Wildman–Crippen LogP) is 2.33. The van der Waals surface area contributed by atoms with Crippen LogP contribution in [-0.4, -0.2) is 35.8 Å². The van der Waals surface area contributed by atoms with E-state index in [9.17, 15) is 18.0 Å². The highest BCUT2D eigenvalue weighted by atomic mass is 32.2. The van der Waals surface area contributed by atoms with Gasteiger partial charge in [0.2, 0.25) is 15.9 Å². The third-order valence-corrected chi connectivity index (χ3v) is 7.39. The minimum absolute atomic E-state index is 0.0000503. The Bertz CT molecular complexity index is 1280. The first-order chi connectivity index (χ1) is 14.0. The fourth-order valence-corrected chi connectivity index (χ4v) is 4.77. The van der Waals surface area contributed by atoms with Crippen LogP contribution in [0.15, 0.2) is 40.3 Å². The van der Waals surface area contributed by atoms with Gasteiger partial charge in [-0.15, -0.1) is 11.3 Å². The third-order valence-electron chi connectivity index (χ3n) is 5.37. The number of hydrogen-bond acceptors (Lipinski definition) is 6. The molecule has 10 heteroatoms. The van der Waals surface area contributed by atoms with E-state index in [1.165, 1.54) is 39.3 Å². The second-order valence-corrected chi connectivity index (χ2v) is 10.0. The lowest BCUT2D eigenvalue weighted by atomic mass is 10.1. The fraction of sp³-hybridized carbons (Fsp3) is 0.350. The molecule has 0 aliphatic carbocycles. The lowest BCUT2D eigenvalue weighted by Gasteiger charge is -2.26. The van der Waals surface area contributed by atoms with Gasteiger partial charge in [-0.05, 0) is 44.0 Å². The van der Waals surface area contributed by atoms with Gasteiger partial charge >= 0.3 is 0 Å². The summed E-state index contributed by atoms with van der Waals surface area (Å²) >= 11 is 1.48. The third kappa shape index (κ3) is 4.30. The van der Waals surface area contributed by atoms with E-state index in [4.69, 9.17) is 5.14 Å². The quantitative estimate of drug-likeness (QED) is 0.621. The molecule has 0 spiro atoms. The van der Waals surface area contributed by atoms with Gasteiger partial charge in [-0.1, -0.05) is 12.1 Å². The summed E-state index contributed by atoms with van der Waals surface area (Å²) in [7, 11) is -2.18. The average Bonchev–Trinajstić information content (AvgIpc) is 3.00. The Morgan fingerprint density at radius 3 is 2.70 bits per heavy atom. The van der Waals surface area contributed by atoms with E-state index < -0.39 is 10.0 Å². The van der Waals surface area contributed by atoms with Gasteiger partial charge in [-0.25, -0.2) is 18.5 Å². The summed E-state index contributed by atoms with van der Waals surface area (Å²) in [6.07, 6.45) is 1.59. The van der Waals surface area contributed by atoms with Gasteiger partial charge < -0.3 is 4.90 Å². The van der Waals surface area contributed by atoms with Gasteiger partial charge in [0.1, 0.15) is 4.83 Å². The summed E-state index contributed by atoms with van der Waals surface area (Å²) in [4.78, 5) is 33.1. The molecule has 0 radical (unpaired) electrons. The van der Waals surface area contributed by atoms with E-state index in [0.29, 0.717) is 15.8 Å². The smallest absolute Gasteiger partial charge is 0.262 e. The molecule has 0 saturated heterocycles. The normalized spacial score (nSPS) is 12.8. The molecular formula is C20H24N4O4S2.